The number of halogens is 1. The Morgan fingerprint density at radius 2 is 2.13 bits per heavy atom. The Balaban J connectivity index is 1.74. The van der Waals surface area contributed by atoms with E-state index in [1.165, 1.54) is 12.1 Å². The lowest BCUT2D eigenvalue weighted by molar-refractivity contribution is -0.121. The Labute approximate surface area is 134 Å². The standard InChI is InChI=1S/C16H20FN3O3/c1-2-22-11-3-10-18-14(21)8-9-15-19-16(20-23-15)12-4-6-13(17)7-5-12/h4-7H,2-3,8-11H2,1H3,(H,18,21). The van der Waals surface area contributed by atoms with Gasteiger partial charge in [0.1, 0.15) is 5.82 Å². The number of ether oxygens (including phenoxy) is 1. The molecule has 0 atom stereocenters. The summed E-state index contributed by atoms with van der Waals surface area (Å²) in [6.45, 7) is 3.84. The monoisotopic (exact) mass is 321 g/mol. The van der Waals surface area contributed by atoms with Crippen LogP contribution in [0.2, 0.25) is 0 Å². The Hall–Kier alpha value is -2.28. The lowest BCUT2D eigenvalue weighted by Gasteiger charge is -2.04. The number of amides is 1. The van der Waals surface area contributed by atoms with Crippen molar-refractivity contribution in [3.8, 4) is 11.4 Å². The SMILES string of the molecule is CCOCCCNC(=O)CCc1nc(-c2ccc(F)cc2)no1. The van der Waals surface area contributed by atoms with E-state index in [0.29, 0.717) is 43.5 Å². The first-order chi connectivity index (χ1) is 11.2. The van der Waals surface area contributed by atoms with Crippen LogP contribution in [0.4, 0.5) is 4.39 Å². The van der Waals surface area contributed by atoms with Crippen molar-refractivity contribution in [1.29, 1.82) is 0 Å². The van der Waals surface area contributed by atoms with Crippen LogP contribution in [0, 0.1) is 5.82 Å². The van der Waals surface area contributed by atoms with Crippen LogP contribution in [-0.2, 0) is 16.0 Å². The first-order valence-corrected chi connectivity index (χ1v) is 7.62. The first kappa shape index (κ1) is 17.1. The van der Waals surface area contributed by atoms with E-state index in [0.717, 1.165) is 6.42 Å². The van der Waals surface area contributed by atoms with Crippen LogP contribution in [0.25, 0.3) is 11.4 Å². The summed E-state index contributed by atoms with van der Waals surface area (Å²) < 4.78 is 23.2. The summed E-state index contributed by atoms with van der Waals surface area (Å²) in [5.74, 6) is 0.382. The number of nitrogens with one attached hydrogen (secondary N) is 1. The fraction of sp³-hybridized carbons (Fsp3) is 0.438. The van der Waals surface area contributed by atoms with Crippen LogP contribution in [0.3, 0.4) is 0 Å². The van der Waals surface area contributed by atoms with Gasteiger partial charge in [-0.25, -0.2) is 4.39 Å². The molecular weight excluding hydrogens is 301 g/mol. The van der Waals surface area contributed by atoms with Gasteiger partial charge in [-0.1, -0.05) is 5.16 Å². The number of nitrogens with zero attached hydrogens (tertiary/aromatic N) is 2. The van der Waals surface area contributed by atoms with E-state index in [1.54, 1.807) is 12.1 Å². The van der Waals surface area contributed by atoms with E-state index in [-0.39, 0.29) is 18.1 Å². The third kappa shape index (κ3) is 5.78. The molecule has 1 amide bonds. The molecular formula is C16H20FN3O3. The van der Waals surface area contributed by atoms with Gasteiger partial charge in [-0.05, 0) is 37.6 Å². The van der Waals surface area contributed by atoms with Gasteiger partial charge in [-0.2, -0.15) is 4.98 Å². The molecule has 0 fully saturated rings. The van der Waals surface area contributed by atoms with E-state index in [4.69, 9.17) is 9.26 Å². The highest BCUT2D eigenvalue weighted by atomic mass is 19.1. The average Bonchev–Trinajstić information content (AvgIpc) is 3.02. The van der Waals surface area contributed by atoms with Crippen LogP contribution in [0.15, 0.2) is 28.8 Å². The summed E-state index contributed by atoms with van der Waals surface area (Å²) in [5, 5.41) is 6.64. The smallest absolute Gasteiger partial charge is 0.227 e. The summed E-state index contributed by atoms with van der Waals surface area (Å²) >= 11 is 0. The number of aryl methyl sites for hydroxylation is 1. The zero-order valence-electron chi connectivity index (χ0n) is 13.0. The molecule has 0 spiro atoms. The van der Waals surface area contributed by atoms with Crippen LogP contribution < -0.4 is 5.32 Å². The molecule has 0 aliphatic carbocycles. The Kier molecular flexibility index (Phi) is 6.68. The number of carbonyl (C=O) groups is 1. The van der Waals surface area contributed by atoms with Crippen molar-refractivity contribution in [3.05, 3.63) is 36.0 Å². The van der Waals surface area contributed by atoms with Gasteiger partial charge in [0.05, 0.1) is 0 Å². The molecule has 0 aliphatic heterocycles. The highest BCUT2D eigenvalue weighted by Gasteiger charge is 2.10. The fourth-order valence-electron chi connectivity index (χ4n) is 1.93. The van der Waals surface area contributed by atoms with Crippen LogP contribution >= 0.6 is 0 Å². The van der Waals surface area contributed by atoms with E-state index in [2.05, 4.69) is 15.5 Å². The van der Waals surface area contributed by atoms with E-state index in [9.17, 15) is 9.18 Å². The summed E-state index contributed by atoms with van der Waals surface area (Å²) in [5.41, 5.74) is 0.668. The number of hydrogen-bond donors (Lipinski definition) is 1. The summed E-state index contributed by atoms with van der Waals surface area (Å²) in [7, 11) is 0. The maximum Gasteiger partial charge on any atom is 0.227 e. The molecule has 0 bridgehead atoms. The molecule has 2 aromatic rings. The van der Waals surface area contributed by atoms with Crippen molar-refractivity contribution in [2.24, 2.45) is 0 Å². The second-order valence-electron chi connectivity index (χ2n) is 4.92. The van der Waals surface area contributed by atoms with Crippen molar-refractivity contribution in [3.63, 3.8) is 0 Å². The number of rotatable bonds is 9. The van der Waals surface area contributed by atoms with E-state index >= 15 is 0 Å². The predicted octanol–water partition coefficient (Wildman–Crippen LogP) is 2.35. The molecule has 0 unspecified atom stereocenters. The molecule has 124 valence electrons. The number of benzene rings is 1. The minimum absolute atomic E-state index is 0.0666. The van der Waals surface area contributed by atoms with Gasteiger partial charge in [0.2, 0.25) is 17.6 Å². The van der Waals surface area contributed by atoms with Gasteiger partial charge in [0, 0.05) is 38.2 Å². The van der Waals surface area contributed by atoms with Gasteiger partial charge < -0.3 is 14.6 Å². The highest BCUT2D eigenvalue weighted by molar-refractivity contribution is 5.75. The van der Waals surface area contributed by atoms with Crippen LogP contribution in [0.5, 0.6) is 0 Å². The third-order valence-electron chi connectivity index (χ3n) is 3.13. The zero-order chi connectivity index (χ0) is 16.5. The van der Waals surface area contributed by atoms with Crippen molar-refractivity contribution in [2.75, 3.05) is 19.8 Å². The summed E-state index contributed by atoms with van der Waals surface area (Å²) in [6.07, 6.45) is 1.43. The van der Waals surface area contributed by atoms with Gasteiger partial charge in [-0.3, -0.25) is 4.79 Å². The van der Waals surface area contributed by atoms with Gasteiger partial charge in [0.25, 0.3) is 0 Å². The molecule has 1 N–H and O–H groups in total. The molecule has 0 aliphatic rings. The highest BCUT2D eigenvalue weighted by Crippen LogP contribution is 2.16. The molecule has 7 heteroatoms. The zero-order valence-corrected chi connectivity index (χ0v) is 13.0. The molecule has 0 saturated heterocycles. The fourth-order valence-corrected chi connectivity index (χ4v) is 1.93. The molecule has 6 nitrogen and oxygen atoms in total. The molecule has 0 saturated carbocycles. The van der Waals surface area contributed by atoms with E-state index < -0.39 is 0 Å². The van der Waals surface area contributed by atoms with Crippen molar-refractivity contribution in [1.82, 2.24) is 15.5 Å². The minimum Gasteiger partial charge on any atom is -0.382 e. The molecule has 1 aromatic carbocycles. The number of hydrogen-bond acceptors (Lipinski definition) is 5. The summed E-state index contributed by atoms with van der Waals surface area (Å²) in [4.78, 5) is 15.9. The maximum absolute atomic E-state index is 12.9. The quantitative estimate of drug-likeness (QED) is 0.717. The first-order valence-electron chi connectivity index (χ1n) is 7.62. The van der Waals surface area contributed by atoms with Crippen molar-refractivity contribution >= 4 is 5.91 Å². The molecule has 23 heavy (non-hydrogen) atoms. The molecule has 1 aromatic heterocycles. The van der Waals surface area contributed by atoms with Gasteiger partial charge >= 0.3 is 0 Å². The lowest BCUT2D eigenvalue weighted by Crippen LogP contribution is -2.25. The van der Waals surface area contributed by atoms with Crippen molar-refractivity contribution in [2.45, 2.75) is 26.2 Å². The van der Waals surface area contributed by atoms with E-state index in [1.807, 2.05) is 6.92 Å². The van der Waals surface area contributed by atoms with Gasteiger partial charge in [-0.15, -0.1) is 0 Å². The number of carbonyl (C=O) groups excluding carboxylic acids is 1. The molecule has 2 rings (SSSR count). The van der Waals surface area contributed by atoms with Crippen molar-refractivity contribution < 1.29 is 18.4 Å². The van der Waals surface area contributed by atoms with Crippen LogP contribution in [-0.4, -0.2) is 35.8 Å². The Morgan fingerprint density at radius 3 is 2.87 bits per heavy atom. The number of aromatic nitrogens is 2. The largest absolute Gasteiger partial charge is 0.382 e. The second-order valence-corrected chi connectivity index (χ2v) is 4.92. The van der Waals surface area contributed by atoms with Gasteiger partial charge in [0.15, 0.2) is 0 Å². The third-order valence-corrected chi connectivity index (χ3v) is 3.13. The topological polar surface area (TPSA) is 77.2 Å². The maximum atomic E-state index is 12.9. The molecule has 1 heterocycles. The Morgan fingerprint density at radius 1 is 1.35 bits per heavy atom. The lowest BCUT2D eigenvalue weighted by atomic mass is 10.2. The molecule has 0 radical (unpaired) electrons. The normalized spacial score (nSPS) is 10.7. The minimum atomic E-state index is -0.321. The Bertz CT molecular complexity index is 613. The average molecular weight is 321 g/mol. The van der Waals surface area contributed by atoms with Crippen LogP contribution in [0.1, 0.15) is 25.7 Å². The second kappa shape index (κ2) is 8.99. The predicted molar refractivity (Wildman–Crippen MR) is 82.1 cm³/mol. The summed E-state index contributed by atoms with van der Waals surface area (Å²) in [6, 6.07) is 5.83.